The van der Waals surface area contributed by atoms with Gasteiger partial charge in [-0.15, -0.1) is 0 Å². The molecule has 0 heterocycles. The van der Waals surface area contributed by atoms with E-state index in [0.717, 1.165) is 12.8 Å². The molecule has 1 aromatic carbocycles. The minimum absolute atomic E-state index is 0.151. The Morgan fingerprint density at radius 1 is 1.25 bits per heavy atom. The lowest BCUT2D eigenvalue weighted by atomic mass is 10.0. The predicted molar refractivity (Wildman–Crippen MR) is 84.6 cm³/mol. The highest BCUT2D eigenvalue weighted by Gasteiger charge is 2.28. The molecule has 0 aromatic heterocycles. The van der Waals surface area contributed by atoms with E-state index in [2.05, 4.69) is 10.6 Å². The van der Waals surface area contributed by atoms with Crippen LogP contribution in [0.15, 0.2) is 24.3 Å². The average molecular weight is 336 g/mol. The van der Waals surface area contributed by atoms with E-state index in [1.807, 2.05) is 0 Å². The van der Waals surface area contributed by atoms with Crippen molar-refractivity contribution in [1.82, 2.24) is 10.6 Å². The fourth-order valence-electron chi connectivity index (χ4n) is 2.09. The van der Waals surface area contributed by atoms with Gasteiger partial charge in [-0.1, -0.05) is 26.0 Å². The molecule has 0 unspecified atom stereocenters. The van der Waals surface area contributed by atoms with E-state index >= 15 is 0 Å². The summed E-state index contributed by atoms with van der Waals surface area (Å²) in [7, 11) is 0. The fourth-order valence-corrected chi connectivity index (χ4v) is 2.09. The number of esters is 1. The molecule has 2 amide bonds. The van der Waals surface area contributed by atoms with Gasteiger partial charge in [-0.25, -0.2) is 9.18 Å². The Labute approximate surface area is 139 Å². The van der Waals surface area contributed by atoms with Gasteiger partial charge >= 0.3 is 5.97 Å². The molecule has 0 radical (unpaired) electrons. The van der Waals surface area contributed by atoms with Gasteiger partial charge in [-0.05, 0) is 30.9 Å². The SMILES string of the molecule is CC(C)[C@H](NC(=O)c1ccccc1F)C(=O)OCC(=O)NC1CC1. The molecule has 2 N–H and O–H groups in total. The zero-order valence-corrected chi connectivity index (χ0v) is 13.7. The molecule has 24 heavy (non-hydrogen) atoms. The molecule has 0 aliphatic heterocycles. The molecule has 1 aromatic rings. The van der Waals surface area contributed by atoms with Crippen LogP contribution in [0.5, 0.6) is 0 Å². The highest BCUT2D eigenvalue weighted by atomic mass is 19.1. The van der Waals surface area contributed by atoms with Crippen LogP contribution in [0.3, 0.4) is 0 Å². The van der Waals surface area contributed by atoms with Crippen LogP contribution in [0, 0.1) is 11.7 Å². The molecule has 7 heteroatoms. The number of amides is 2. The van der Waals surface area contributed by atoms with Gasteiger partial charge in [0, 0.05) is 6.04 Å². The Bertz CT molecular complexity index is 629. The minimum atomic E-state index is -0.967. The summed E-state index contributed by atoms with van der Waals surface area (Å²) in [5.74, 6) is -2.74. The number of benzene rings is 1. The lowest BCUT2D eigenvalue weighted by Gasteiger charge is -2.21. The van der Waals surface area contributed by atoms with E-state index in [-0.39, 0.29) is 23.4 Å². The average Bonchev–Trinajstić information content (AvgIpc) is 3.34. The van der Waals surface area contributed by atoms with Gasteiger partial charge in [0.2, 0.25) is 0 Å². The van der Waals surface area contributed by atoms with Crippen LogP contribution in [-0.2, 0) is 14.3 Å². The van der Waals surface area contributed by atoms with Crippen molar-refractivity contribution in [2.24, 2.45) is 5.92 Å². The van der Waals surface area contributed by atoms with Crippen LogP contribution in [0.2, 0.25) is 0 Å². The topological polar surface area (TPSA) is 84.5 Å². The first kappa shape index (κ1) is 17.9. The summed E-state index contributed by atoms with van der Waals surface area (Å²) in [4.78, 5) is 35.8. The summed E-state index contributed by atoms with van der Waals surface area (Å²) in [6.45, 7) is 3.05. The number of rotatable bonds is 7. The highest BCUT2D eigenvalue weighted by molar-refractivity contribution is 5.97. The van der Waals surface area contributed by atoms with Crippen molar-refractivity contribution in [2.75, 3.05) is 6.61 Å². The van der Waals surface area contributed by atoms with Gasteiger partial charge in [0.25, 0.3) is 11.8 Å². The number of hydrogen-bond donors (Lipinski definition) is 2. The second-order valence-electron chi connectivity index (χ2n) is 6.12. The third-order valence-corrected chi connectivity index (χ3v) is 3.61. The van der Waals surface area contributed by atoms with E-state index in [1.54, 1.807) is 13.8 Å². The van der Waals surface area contributed by atoms with Crippen LogP contribution in [0.4, 0.5) is 4.39 Å². The normalized spacial score (nSPS) is 14.8. The molecule has 1 saturated carbocycles. The number of carbonyl (C=O) groups is 3. The molecular weight excluding hydrogens is 315 g/mol. The molecule has 1 aliphatic rings. The Hall–Kier alpha value is -2.44. The number of carbonyl (C=O) groups excluding carboxylic acids is 3. The maximum atomic E-state index is 13.6. The van der Waals surface area contributed by atoms with Gasteiger partial charge in [-0.2, -0.15) is 0 Å². The van der Waals surface area contributed by atoms with Crippen LogP contribution < -0.4 is 10.6 Å². The Balaban J connectivity index is 1.92. The van der Waals surface area contributed by atoms with Crippen molar-refractivity contribution in [1.29, 1.82) is 0 Å². The lowest BCUT2D eigenvalue weighted by molar-refractivity contribution is -0.151. The summed E-state index contributed by atoms with van der Waals surface area (Å²) < 4.78 is 18.6. The molecular formula is C17H21FN2O4. The molecule has 2 rings (SSSR count). The van der Waals surface area contributed by atoms with Crippen molar-refractivity contribution in [2.45, 2.75) is 38.8 Å². The van der Waals surface area contributed by atoms with Crippen molar-refractivity contribution < 1.29 is 23.5 Å². The molecule has 1 aliphatic carbocycles. The number of hydrogen-bond acceptors (Lipinski definition) is 4. The smallest absolute Gasteiger partial charge is 0.329 e. The molecule has 0 bridgehead atoms. The second kappa shape index (κ2) is 7.90. The minimum Gasteiger partial charge on any atom is -0.454 e. The van der Waals surface area contributed by atoms with Crippen LogP contribution in [-0.4, -0.2) is 36.5 Å². The van der Waals surface area contributed by atoms with Gasteiger partial charge in [-0.3, -0.25) is 9.59 Å². The zero-order valence-electron chi connectivity index (χ0n) is 13.7. The maximum Gasteiger partial charge on any atom is 0.329 e. The first-order chi connectivity index (χ1) is 11.4. The van der Waals surface area contributed by atoms with Crippen molar-refractivity contribution in [3.63, 3.8) is 0 Å². The standard InChI is InChI=1S/C17H21FN2O4/c1-10(2)15(17(23)24-9-14(21)19-11-7-8-11)20-16(22)12-5-3-4-6-13(12)18/h3-6,10-11,15H,7-9H2,1-2H3,(H,19,21)(H,20,22)/t15-/m0/s1. The monoisotopic (exact) mass is 336 g/mol. The first-order valence-corrected chi connectivity index (χ1v) is 7.90. The zero-order chi connectivity index (χ0) is 17.7. The van der Waals surface area contributed by atoms with Gasteiger partial charge in [0.15, 0.2) is 6.61 Å². The largest absolute Gasteiger partial charge is 0.454 e. The van der Waals surface area contributed by atoms with Crippen LogP contribution >= 0.6 is 0 Å². The third kappa shape index (κ3) is 5.04. The second-order valence-corrected chi connectivity index (χ2v) is 6.12. The fraction of sp³-hybridized carbons (Fsp3) is 0.471. The van der Waals surface area contributed by atoms with E-state index in [0.29, 0.717) is 0 Å². The molecule has 1 fully saturated rings. The molecule has 130 valence electrons. The maximum absolute atomic E-state index is 13.6. The van der Waals surface area contributed by atoms with Crippen LogP contribution in [0.25, 0.3) is 0 Å². The first-order valence-electron chi connectivity index (χ1n) is 7.90. The van der Waals surface area contributed by atoms with E-state index in [1.165, 1.54) is 24.3 Å². The lowest BCUT2D eigenvalue weighted by Crippen LogP contribution is -2.46. The summed E-state index contributed by atoms with van der Waals surface area (Å²) in [6.07, 6.45) is 1.88. The van der Waals surface area contributed by atoms with E-state index < -0.39 is 30.3 Å². The van der Waals surface area contributed by atoms with E-state index in [9.17, 15) is 18.8 Å². The van der Waals surface area contributed by atoms with Crippen LogP contribution in [0.1, 0.15) is 37.0 Å². The molecule has 0 saturated heterocycles. The summed E-state index contributed by atoms with van der Waals surface area (Å²) in [5, 5.41) is 5.16. The third-order valence-electron chi connectivity index (χ3n) is 3.61. The predicted octanol–water partition coefficient (Wildman–Crippen LogP) is 1.40. The molecule has 0 spiro atoms. The Morgan fingerprint density at radius 2 is 1.92 bits per heavy atom. The van der Waals surface area contributed by atoms with Gasteiger partial charge in [0.05, 0.1) is 5.56 Å². The highest BCUT2D eigenvalue weighted by Crippen LogP contribution is 2.18. The van der Waals surface area contributed by atoms with Crippen molar-refractivity contribution in [3.05, 3.63) is 35.6 Å². The summed E-state index contributed by atoms with van der Waals surface area (Å²) in [5.41, 5.74) is -0.151. The van der Waals surface area contributed by atoms with Gasteiger partial charge < -0.3 is 15.4 Å². The summed E-state index contributed by atoms with van der Waals surface area (Å²) in [6, 6.07) is 4.71. The Kier molecular flexibility index (Phi) is 5.89. The molecule has 6 nitrogen and oxygen atoms in total. The number of nitrogens with one attached hydrogen (secondary N) is 2. The van der Waals surface area contributed by atoms with Gasteiger partial charge in [0.1, 0.15) is 11.9 Å². The van der Waals surface area contributed by atoms with Crippen molar-refractivity contribution in [3.8, 4) is 0 Å². The Morgan fingerprint density at radius 3 is 2.50 bits per heavy atom. The van der Waals surface area contributed by atoms with E-state index in [4.69, 9.17) is 4.74 Å². The van der Waals surface area contributed by atoms with Crippen molar-refractivity contribution >= 4 is 17.8 Å². The number of halogens is 1. The molecule has 1 atom stereocenters. The number of ether oxygens (including phenoxy) is 1. The quantitative estimate of drug-likeness (QED) is 0.737. The summed E-state index contributed by atoms with van der Waals surface area (Å²) >= 11 is 0.